The van der Waals surface area contributed by atoms with E-state index in [4.69, 9.17) is 4.74 Å². The molecule has 0 spiro atoms. The molecule has 0 amide bonds. The average molecular weight is 273 g/mol. The van der Waals surface area contributed by atoms with Gasteiger partial charge < -0.3 is 10.1 Å². The summed E-state index contributed by atoms with van der Waals surface area (Å²) >= 11 is 0. The minimum absolute atomic E-state index is 0.728. The first-order chi connectivity index (χ1) is 9.77. The molecule has 1 aromatic carbocycles. The Hall–Kier alpha value is -1.65. The van der Waals surface area contributed by atoms with Crippen LogP contribution < -0.4 is 5.32 Å². The fourth-order valence-electron chi connectivity index (χ4n) is 2.27. The number of benzene rings is 1. The van der Waals surface area contributed by atoms with Crippen molar-refractivity contribution in [3.05, 3.63) is 47.3 Å². The van der Waals surface area contributed by atoms with Crippen molar-refractivity contribution in [1.82, 2.24) is 15.1 Å². The molecule has 1 aromatic heterocycles. The van der Waals surface area contributed by atoms with Crippen molar-refractivity contribution >= 4 is 0 Å². The molecule has 20 heavy (non-hydrogen) atoms. The van der Waals surface area contributed by atoms with Crippen molar-refractivity contribution in [3.63, 3.8) is 0 Å². The highest BCUT2D eigenvalue weighted by Crippen LogP contribution is 2.18. The van der Waals surface area contributed by atoms with E-state index < -0.39 is 0 Å². The Morgan fingerprint density at radius 1 is 1.25 bits per heavy atom. The Morgan fingerprint density at radius 3 is 2.80 bits per heavy atom. The molecule has 0 radical (unpaired) electrons. The molecular formula is C16H23N3O. The number of rotatable bonds is 7. The maximum atomic E-state index is 5.03. The standard InChI is InChI=1S/C16H23N3O/c1-4-14-7-5-6-8-16(14)19-13(2)15(12-18-19)11-17-9-10-20-3/h5-8,12,17H,4,9-11H2,1-3H3. The number of para-hydroxylation sites is 1. The Balaban J connectivity index is 2.16. The maximum absolute atomic E-state index is 5.03. The molecule has 1 heterocycles. The molecule has 0 unspecified atom stereocenters. The number of ether oxygens (including phenoxy) is 1. The van der Waals surface area contributed by atoms with Gasteiger partial charge in [0.15, 0.2) is 0 Å². The molecule has 0 aliphatic carbocycles. The third-order valence-electron chi connectivity index (χ3n) is 3.51. The molecule has 108 valence electrons. The van der Waals surface area contributed by atoms with Crippen molar-refractivity contribution in [3.8, 4) is 5.69 Å². The summed E-state index contributed by atoms with van der Waals surface area (Å²) in [6, 6.07) is 8.43. The SMILES string of the molecule is CCc1ccccc1-n1ncc(CNCCOC)c1C. The van der Waals surface area contributed by atoms with E-state index >= 15 is 0 Å². The van der Waals surface area contributed by atoms with Crippen LogP contribution in [0, 0.1) is 6.92 Å². The van der Waals surface area contributed by atoms with Crippen molar-refractivity contribution in [2.75, 3.05) is 20.3 Å². The highest BCUT2D eigenvalue weighted by atomic mass is 16.5. The third kappa shape index (κ3) is 3.26. The summed E-state index contributed by atoms with van der Waals surface area (Å²) in [4.78, 5) is 0. The lowest BCUT2D eigenvalue weighted by atomic mass is 10.1. The lowest BCUT2D eigenvalue weighted by molar-refractivity contribution is 0.199. The van der Waals surface area contributed by atoms with Crippen LogP contribution in [0.5, 0.6) is 0 Å². The predicted octanol–water partition coefficient (Wildman–Crippen LogP) is 2.48. The summed E-state index contributed by atoms with van der Waals surface area (Å²) in [5.74, 6) is 0. The van der Waals surface area contributed by atoms with Gasteiger partial charge in [-0.2, -0.15) is 5.10 Å². The van der Waals surface area contributed by atoms with Gasteiger partial charge in [-0.25, -0.2) is 4.68 Å². The second kappa shape index (κ2) is 7.22. The van der Waals surface area contributed by atoms with E-state index in [-0.39, 0.29) is 0 Å². The monoisotopic (exact) mass is 273 g/mol. The molecule has 0 saturated carbocycles. The molecular weight excluding hydrogens is 250 g/mol. The molecule has 2 rings (SSSR count). The van der Waals surface area contributed by atoms with Crippen LogP contribution in [0.2, 0.25) is 0 Å². The molecule has 2 aromatic rings. The minimum Gasteiger partial charge on any atom is -0.383 e. The van der Waals surface area contributed by atoms with E-state index in [0.29, 0.717) is 0 Å². The Morgan fingerprint density at radius 2 is 2.05 bits per heavy atom. The molecule has 4 nitrogen and oxygen atoms in total. The molecule has 0 atom stereocenters. The van der Waals surface area contributed by atoms with Crippen molar-refractivity contribution < 1.29 is 4.74 Å². The van der Waals surface area contributed by atoms with Crippen molar-refractivity contribution in [2.24, 2.45) is 0 Å². The molecule has 0 saturated heterocycles. The van der Waals surface area contributed by atoms with Gasteiger partial charge in [0, 0.05) is 31.5 Å². The fraction of sp³-hybridized carbons (Fsp3) is 0.438. The molecule has 4 heteroatoms. The number of hydrogen-bond donors (Lipinski definition) is 1. The third-order valence-corrected chi connectivity index (χ3v) is 3.51. The van der Waals surface area contributed by atoms with Crippen molar-refractivity contribution in [1.29, 1.82) is 0 Å². The zero-order valence-electron chi connectivity index (χ0n) is 12.5. The highest BCUT2D eigenvalue weighted by Gasteiger charge is 2.10. The van der Waals surface area contributed by atoms with E-state index in [2.05, 4.69) is 48.5 Å². The lowest BCUT2D eigenvalue weighted by Crippen LogP contribution is -2.18. The van der Waals surface area contributed by atoms with E-state index in [1.54, 1.807) is 7.11 Å². The van der Waals surface area contributed by atoms with Gasteiger partial charge in [0.25, 0.3) is 0 Å². The fourth-order valence-corrected chi connectivity index (χ4v) is 2.27. The van der Waals surface area contributed by atoms with Gasteiger partial charge >= 0.3 is 0 Å². The van der Waals surface area contributed by atoms with Gasteiger partial charge in [-0.3, -0.25) is 0 Å². The Bertz CT molecular complexity index is 548. The van der Waals surface area contributed by atoms with Crippen LogP contribution in [-0.2, 0) is 17.7 Å². The van der Waals surface area contributed by atoms with Gasteiger partial charge in [0.2, 0.25) is 0 Å². The predicted molar refractivity (Wildman–Crippen MR) is 81.3 cm³/mol. The summed E-state index contributed by atoms with van der Waals surface area (Å²) in [5, 5.41) is 7.90. The summed E-state index contributed by atoms with van der Waals surface area (Å²) in [5.41, 5.74) is 4.91. The number of hydrogen-bond acceptors (Lipinski definition) is 3. The number of nitrogens with one attached hydrogen (secondary N) is 1. The summed E-state index contributed by atoms with van der Waals surface area (Å²) in [7, 11) is 1.71. The summed E-state index contributed by atoms with van der Waals surface area (Å²) in [6.45, 7) is 6.69. The maximum Gasteiger partial charge on any atom is 0.0680 e. The molecule has 0 fully saturated rings. The zero-order chi connectivity index (χ0) is 14.4. The highest BCUT2D eigenvalue weighted by molar-refractivity contribution is 5.42. The quantitative estimate of drug-likeness (QED) is 0.788. The smallest absolute Gasteiger partial charge is 0.0680 e. The van der Waals surface area contributed by atoms with E-state index in [1.165, 1.54) is 22.5 Å². The van der Waals surface area contributed by atoms with Crippen LogP contribution >= 0.6 is 0 Å². The number of aromatic nitrogens is 2. The first-order valence-corrected chi connectivity index (χ1v) is 7.09. The Labute approximate surface area is 120 Å². The van der Waals surface area contributed by atoms with Crippen LogP contribution in [0.15, 0.2) is 30.5 Å². The summed E-state index contributed by atoms with van der Waals surface area (Å²) < 4.78 is 7.07. The first-order valence-electron chi connectivity index (χ1n) is 7.09. The van der Waals surface area contributed by atoms with E-state index in [1.807, 2.05) is 10.9 Å². The molecule has 1 N–H and O–H groups in total. The van der Waals surface area contributed by atoms with Crippen LogP contribution in [0.1, 0.15) is 23.7 Å². The first kappa shape index (κ1) is 14.8. The van der Waals surface area contributed by atoms with E-state index in [0.717, 1.165) is 26.1 Å². The van der Waals surface area contributed by atoms with E-state index in [9.17, 15) is 0 Å². The molecule has 0 aliphatic rings. The second-order valence-corrected chi connectivity index (χ2v) is 4.82. The Kier molecular flexibility index (Phi) is 5.32. The average Bonchev–Trinajstić information content (AvgIpc) is 2.85. The van der Waals surface area contributed by atoms with Gasteiger partial charge in [0.05, 0.1) is 18.5 Å². The minimum atomic E-state index is 0.728. The summed E-state index contributed by atoms with van der Waals surface area (Å²) in [6.07, 6.45) is 2.96. The number of aryl methyl sites for hydroxylation is 1. The van der Waals surface area contributed by atoms with Crippen LogP contribution in [-0.4, -0.2) is 30.0 Å². The number of nitrogens with zero attached hydrogens (tertiary/aromatic N) is 2. The normalized spacial score (nSPS) is 10.9. The van der Waals surface area contributed by atoms with Crippen LogP contribution in [0.4, 0.5) is 0 Å². The molecule has 0 aliphatic heterocycles. The van der Waals surface area contributed by atoms with Crippen molar-refractivity contribution in [2.45, 2.75) is 26.8 Å². The van der Waals surface area contributed by atoms with Crippen LogP contribution in [0.25, 0.3) is 5.69 Å². The van der Waals surface area contributed by atoms with Gasteiger partial charge in [0.1, 0.15) is 0 Å². The number of methoxy groups -OCH3 is 1. The zero-order valence-corrected chi connectivity index (χ0v) is 12.5. The molecule has 0 bridgehead atoms. The van der Waals surface area contributed by atoms with Gasteiger partial charge in [-0.1, -0.05) is 25.1 Å². The lowest BCUT2D eigenvalue weighted by Gasteiger charge is -2.10. The van der Waals surface area contributed by atoms with Gasteiger partial charge in [-0.05, 0) is 25.0 Å². The second-order valence-electron chi connectivity index (χ2n) is 4.82. The van der Waals surface area contributed by atoms with Gasteiger partial charge in [-0.15, -0.1) is 0 Å². The topological polar surface area (TPSA) is 39.1 Å². The largest absolute Gasteiger partial charge is 0.383 e. The van der Waals surface area contributed by atoms with Crippen LogP contribution in [0.3, 0.4) is 0 Å².